The van der Waals surface area contributed by atoms with Crippen LogP contribution in [0.25, 0.3) is 0 Å². The molecular formula is C15H29NO2. The minimum atomic E-state index is -0.360. The lowest BCUT2D eigenvalue weighted by Crippen LogP contribution is -2.47. The van der Waals surface area contributed by atoms with Gasteiger partial charge < -0.3 is 15.2 Å². The highest BCUT2D eigenvalue weighted by molar-refractivity contribution is 4.88. The fourth-order valence-corrected chi connectivity index (χ4v) is 2.86. The van der Waals surface area contributed by atoms with E-state index in [1.165, 1.54) is 38.5 Å². The smallest absolute Gasteiger partial charge is 0.0897 e. The highest BCUT2D eigenvalue weighted by Gasteiger charge is 2.32. The second-order valence-corrected chi connectivity index (χ2v) is 6.83. The normalized spacial score (nSPS) is 29.2. The van der Waals surface area contributed by atoms with Crippen LogP contribution in [0.5, 0.6) is 0 Å². The molecular weight excluding hydrogens is 226 g/mol. The summed E-state index contributed by atoms with van der Waals surface area (Å²) in [7, 11) is 0. The lowest BCUT2D eigenvalue weighted by atomic mass is 9.73. The van der Waals surface area contributed by atoms with Gasteiger partial charge in [0.2, 0.25) is 0 Å². The fourth-order valence-electron chi connectivity index (χ4n) is 2.86. The van der Waals surface area contributed by atoms with Crippen LogP contribution < -0.4 is 5.32 Å². The van der Waals surface area contributed by atoms with Gasteiger partial charge in [-0.15, -0.1) is 0 Å². The van der Waals surface area contributed by atoms with Gasteiger partial charge in [-0.05, 0) is 37.0 Å². The van der Waals surface area contributed by atoms with Gasteiger partial charge in [0, 0.05) is 19.2 Å². The fraction of sp³-hybridized carbons (Fsp3) is 1.00. The second kappa shape index (κ2) is 6.36. The summed E-state index contributed by atoms with van der Waals surface area (Å²) in [6, 6.07) is 0.546. The lowest BCUT2D eigenvalue weighted by molar-refractivity contribution is 0.0268. The highest BCUT2D eigenvalue weighted by Crippen LogP contribution is 2.35. The Hall–Kier alpha value is -0.120. The van der Waals surface area contributed by atoms with Crippen molar-refractivity contribution in [1.29, 1.82) is 0 Å². The molecule has 2 atom stereocenters. The number of hydrogen-bond donors (Lipinski definition) is 2. The molecule has 106 valence electrons. The molecule has 0 aromatic carbocycles. The first-order valence-electron chi connectivity index (χ1n) is 7.57. The van der Waals surface area contributed by atoms with Gasteiger partial charge in [-0.1, -0.05) is 26.7 Å². The average molecular weight is 255 g/mol. The molecule has 3 heteroatoms. The van der Waals surface area contributed by atoms with Gasteiger partial charge in [0.1, 0.15) is 0 Å². The summed E-state index contributed by atoms with van der Waals surface area (Å²) in [5.41, 5.74) is 0.368. The maximum atomic E-state index is 9.90. The van der Waals surface area contributed by atoms with E-state index in [2.05, 4.69) is 19.2 Å². The molecule has 2 fully saturated rings. The SMILES string of the molecule is CC1(C)CCCCC1NCC(O)COCC1CC1. The van der Waals surface area contributed by atoms with Crippen molar-refractivity contribution < 1.29 is 9.84 Å². The molecule has 2 unspecified atom stereocenters. The summed E-state index contributed by atoms with van der Waals surface area (Å²) in [5.74, 6) is 0.780. The van der Waals surface area contributed by atoms with Crippen molar-refractivity contribution in [1.82, 2.24) is 5.32 Å². The molecule has 2 aliphatic rings. The Morgan fingerprint density at radius 1 is 1.28 bits per heavy atom. The van der Waals surface area contributed by atoms with E-state index in [4.69, 9.17) is 4.74 Å². The van der Waals surface area contributed by atoms with Crippen LogP contribution in [0.1, 0.15) is 52.4 Å². The van der Waals surface area contributed by atoms with Crippen molar-refractivity contribution in [2.75, 3.05) is 19.8 Å². The molecule has 0 heterocycles. The standard InChI is InChI=1S/C15H29NO2/c1-15(2)8-4-3-5-14(15)16-9-13(17)11-18-10-12-6-7-12/h12-14,16-17H,3-11H2,1-2H3. The van der Waals surface area contributed by atoms with Crippen molar-refractivity contribution in [2.45, 2.75) is 64.5 Å². The quantitative estimate of drug-likeness (QED) is 0.733. The minimum absolute atomic E-state index is 0.360. The first kappa shape index (κ1) is 14.3. The number of aliphatic hydroxyl groups excluding tert-OH is 1. The largest absolute Gasteiger partial charge is 0.389 e. The van der Waals surface area contributed by atoms with Crippen LogP contribution in [0.3, 0.4) is 0 Å². The van der Waals surface area contributed by atoms with Crippen molar-refractivity contribution in [3.05, 3.63) is 0 Å². The molecule has 2 rings (SSSR count). The number of rotatable bonds is 7. The van der Waals surface area contributed by atoms with E-state index in [-0.39, 0.29) is 6.10 Å². The number of hydrogen-bond acceptors (Lipinski definition) is 3. The molecule has 2 saturated carbocycles. The van der Waals surface area contributed by atoms with Gasteiger partial charge in [-0.25, -0.2) is 0 Å². The van der Waals surface area contributed by atoms with Gasteiger partial charge in [0.25, 0.3) is 0 Å². The van der Waals surface area contributed by atoms with Gasteiger partial charge in [0.15, 0.2) is 0 Å². The molecule has 0 amide bonds. The summed E-state index contributed by atoms with van der Waals surface area (Å²) < 4.78 is 5.52. The van der Waals surface area contributed by atoms with Gasteiger partial charge in [0.05, 0.1) is 12.7 Å². The van der Waals surface area contributed by atoms with Crippen LogP contribution in [0.4, 0.5) is 0 Å². The number of nitrogens with one attached hydrogen (secondary N) is 1. The van der Waals surface area contributed by atoms with E-state index in [9.17, 15) is 5.11 Å². The average Bonchev–Trinajstić information content (AvgIpc) is 3.11. The predicted octanol–water partition coefficient (Wildman–Crippen LogP) is 2.33. The van der Waals surface area contributed by atoms with E-state index in [1.807, 2.05) is 0 Å². The van der Waals surface area contributed by atoms with E-state index >= 15 is 0 Å². The van der Waals surface area contributed by atoms with Gasteiger partial charge in [-0.3, -0.25) is 0 Å². The third kappa shape index (κ3) is 4.52. The lowest BCUT2D eigenvalue weighted by Gasteiger charge is -2.39. The van der Waals surface area contributed by atoms with Crippen molar-refractivity contribution in [2.24, 2.45) is 11.3 Å². The van der Waals surface area contributed by atoms with E-state index in [1.54, 1.807) is 0 Å². The summed E-state index contributed by atoms with van der Waals surface area (Å²) >= 11 is 0. The van der Waals surface area contributed by atoms with Crippen LogP contribution in [0.2, 0.25) is 0 Å². The van der Waals surface area contributed by atoms with Crippen molar-refractivity contribution >= 4 is 0 Å². The maximum Gasteiger partial charge on any atom is 0.0897 e. The first-order valence-corrected chi connectivity index (χ1v) is 7.57. The molecule has 2 aliphatic carbocycles. The number of aliphatic hydroxyl groups is 1. The first-order chi connectivity index (χ1) is 8.58. The Balaban J connectivity index is 1.59. The molecule has 2 N–H and O–H groups in total. The zero-order chi connectivity index (χ0) is 13.0. The van der Waals surface area contributed by atoms with Crippen LogP contribution in [0, 0.1) is 11.3 Å². The molecule has 3 nitrogen and oxygen atoms in total. The summed E-state index contributed by atoms with van der Waals surface area (Å²) in [6.07, 6.45) is 7.45. The topological polar surface area (TPSA) is 41.5 Å². The second-order valence-electron chi connectivity index (χ2n) is 6.83. The molecule has 0 radical (unpaired) electrons. The van der Waals surface area contributed by atoms with Gasteiger partial charge >= 0.3 is 0 Å². The maximum absolute atomic E-state index is 9.90. The molecule has 0 bridgehead atoms. The third-order valence-electron chi connectivity index (χ3n) is 4.47. The Bertz CT molecular complexity index is 251. The highest BCUT2D eigenvalue weighted by atomic mass is 16.5. The zero-order valence-electron chi connectivity index (χ0n) is 12.0. The van der Waals surface area contributed by atoms with Crippen LogP contribution >= 0.6 is 0 Å². The van der Waals surface area contributed by atoms with Crippen LogP contribution in [-0.2, 0) is 4.74 Å². The summed E-state index contributed by atoms with van der Waals surface area (Å²) in [5, 5.41) is 13.4. The van der Waals surface area contributed by atoms with E-state index in [0.29, 0.717) is 24.6 Å². The number of ether oxygens (including phenoxy) is 1. The van der Waals surface area contributed by atoms with Gasteiger partial charge in [-0.2, -0.15) is 0 Å². The Labute approximate surface area is 111 Å². The van der Waals surface area contributed by atoms with Crippen LogP contribution in [-0.4, -0.2) is 37.0 Å². The molecule has 0 aromatic rings. The Morgan fingerprint density at radius 2 is 2.06 bits per heavy atom. The zero-order valence-corrected chi connectivity index (χ0v) is 12.0. The molecule has 0 spiro atoms. The summed E-state index contributed by atoms with van der Waals surface area (Å²) in [4.78, 5) is 0. The molecule has 0 aromatic heterocycles. The Kier molecular flexibility index (Phi) is 5.05. The minimum Gasteiger partial charge on any atom is -0.389 e. The predicted molar refractivity (Wildman–Crippen MR) is 73.6 cm³/mol. The van der Waals surface area contributed by atoms with Crippen molar-refractivity contribution in [3.8, 4) is 0 Å². The molecule has 18 heavy (non-hydrogen) atoms. The molecule has 0 aliphatic heterocycles. The van der Waals surface area contributed by atoms with E-state index in [0.717, 1.165) is 12.5 Å². The van der Waals surface area contributed by atoms with E-state index < -0.39 is 0 Å². The molecule has 0 saturated heterocycles. The van der Waals surface area contributed by atoms with Crippen molar-refractivity contribution in [3.63, 3.8) is 0 Å². The Morgan fingerprint density at radius 3 is 2.72 bits per heavy atom. The summed E-state index contributed by atoms with van der Waals surface area (Å²) in [6.45, 7) is 6.65. The third-order valence-corrected chi connectivity index (χ3v) is 4.47. The monoisotopic (exact) mass is 255 g/mol. The van der Waals surface area contributed by atoms with Crippen LogP contribution in [0.15, 0.2) is 0 Å².